The van der Waals surface area contributed by atoms with Gasteiger partial charge in [0, 0.05) is 21.4 Å². The summed E-state index contributed by atoms with van der Waals surface area (Å²) in [5, 5.41) is 2.97. The maximum Gasteiger partial charge on any atom is 0.387 e. The number of rotatable bonds is 6. The van der Waals surface area contributed by atoms with Gasteiger partial charge in [0.25, 0.3) is 0 Å². The molecule has 0 bridgehead atoms. The second-order valence-electron chi connectivity index (χ2n) is 5.91. The molecule has 9 heteroatoms. The van der Waals surface area contributed by atoms with Crippen LogP contribution < -0.4 is 10.1 Å². The first kappa shape index (κ1) is 21.9. The highest BCUT2D eigenvalue weighted by atomic mass is 79.9. The Kier molecular flexibility index (Phi) is 7.17. The summed E-state index contributed by atoms with van der Waals surface area (Å²) in [4.78, 5) is 25.2. The van der Waals surface area contributed by atoms with Gasteiger partial charge in [-0.1, -0.05) is 15.9 Å². The van der Waals surface area contributed by atoms with Crippen LogP contribution in [0.15, 0.2) is 45.2 Å². The van der Waals surface area contributed by atoms with E-state index in [4.69, 9.17) is 9.47 Å². The zero-order valence-electron chi connectivity index (χ0n) is 15.8. The van der Waals surface area contributed by atoms with E-state index >= 15 is 0 Å². The zero-order valence-corrected chi connectivity index (χ0v) is 17.4. The Hall–Kier alpha value is -2.42. The first-order valence-electron chi connectivity index (χ1n) is 8.39. The van der Waals surface area contributed by atoms with Crippen LogP contribution in [0.5, 0.6) is 5.75 Å². The topological polar surface area (TPSA) is 73.9 Å². The summed E-state index contributed by atoms with van der Waals surface area (Å²) in [6.07, 6.45) is 0. The van der Waals surface area contributed by atoms with E-state index in [1.54, 1.807) is 20.8 Å². The molecule has 1 N–H and O–H groups in total. The van der Waals surface area contributed by atoms with Gasteiger partial charge < -0.3 is 19.5 Å². The van der Waals surface area contributed by atoms with Gasteiger partial charge >= 0.3 is 18.6 Å². The van der Waals surface area contributed by atoms with E-state index in [2.05, 4.69) is 26.0 Å². The SMILES string of the molecule is CCOC(=O)C1=C(C)NC(C)=C(C(=O)OC)[C@H]1c1cc(Br)ccc1OC(F)F. The minimum Gasteiger partial charge on any atom is -0.466 e. The Balaban J connectivity index is 2.77. The predicted octanol–water partition coefficient (Wildman–Crippen LogP) is 4.02. The van der Waals surface area contributed by atoms with Crippen molar-refractivity contribution in [1.82, 2.24) is 5.32 Å². The van der Waals surface area contributed by atoms with Crippen molar-refractivity contribution >= 4 is 27.9 Å². The molecule has 28 heavy (non-hydrogen) atoms. The van der Waals surface area contributed by atoms with Crippen molar-refractivity contribution < 1.29 is 32.6 Å². The van der Waals surface area contributed by atoms with Crippen LogP contribution in [0, 0.1) is 0 Å². The van der Waals surface area contributed by atoms with Gasteiger partial charge in [-0.3, -0.25) is 0 Å². The number of dihydropyridines is 1. The van der Waals surface area contributed by atoms with E-state index in [-0.39, 0.29) is 29.1 Å². The van der Waals surface area contributed by atoms with Crippen molar-refractivity contribution in [2.75, 3.05) is 13.7 Å². The van der Waals surface area contributed by atoms with Crippen LogP contribution in [0.2, 0.25) is 0 Å². The summed E-state index contributed by atoms with van der Waals surface area (Å²) in [7, 11) is 1.20. The van der Waals surface area contributed by atoms with Crippen LogP contribution in [-0.4, -0.2) is 32.3 Å². The van der Waals surface area contributed by atoms with Crippen LogP contribution in [0.25, 0.3) is 0 Å². The first-order valence-corrected chi connectivity index (χ1v) is 9.18. The fourth-order valence-corrected chi connectivity index (χ4v) is 3.49. The molecule has 0 aliphatic carbocycles. The molecular weight excluding hydrogens is 440 g/mol. The lowest BCUT2D eigenvalue weighted by Gasteiger charge is -2.31. The first-order chi connectivity index (χ1) is 13.2. The third kappa shape index (κ3) is 4.52. The molecular formula is C19H20BrF2NO5. The maximum atomic E-state index is 13.0. The largest absolute Gasteiger partial charge is 0.466 e. The van der Waals surface area contributed by atoms with Gasteiger partial charge in [0.2, 0.25) is 0 Å². The Bertz CT molecular complexity index is 851. The highest BCUT2D eigenvalue weighted by Crippen LogP contribution is 2.44. The van der Waals surface area contributed by atoms with Gasteiger partial charge in [0.05, 0.1) is 30.8 Å². The molecule has 2 rings (SSSR count). The van der Waals surface area contributed by atoms with E-state index in [1.807, 2.05) is 0 Å². The average Bonchev–Trinajstić information content (AvgIpc) is 2.61. The normalized spacial score (nSPS) is 16.8. The molecule has 0 saturated heterocycles. The molecule has 1 aromatic rings. The predicted molar refractivity (Wildman–Crippen MR) is 101 cm³/mol. The summed E-state index contributed by atoms with van der Waals surface area (Å²) in [6, 6.07) is 4.39. The highest BCUT2D eigenvalue weighted by Gasteiger charge is 2.39. The van der Waals surface area contributed by atoms with E-state index < -0.39 is 24.5 Å². The van der Waals surface area contributed by atoms with Gasteiger partial charge in [0.1, 0.15) is 5.75 Å². The molecule has 0 amide bonds. The van der Waals surface area contributed by atoms with E-state index in [1.165, 1.54) is 25.3 Å². The third-order valence-electron chi connectivity index (χ3n) is 4.16. The lowest BCUT2D eigenvalue weighted by atomic mass is 9.80. The van der Waals surface area contributed by atoms with Gasteiger partial charge in [0.15, 0.2) is 0 Å². The Labute approximate surface area is 169 Å². The molecule has 0 unspecified atom stereocenters. The molecule has 0 saturated carbocycles. The highest BCUT2D eigenvalue weighted by molar-refractivity contribution is 9.10. The summed E-state index contributed by atoms with van der Waals surface area (Å²) in [5.74, 6) is -2.55. The van der Waals surface area contributed by atoms with Crippen molar-refractivity contribution in [3.05, 3.63) is 50.8 Å². The number of hydrogen-bond acceptors (Lipinski definition) is 6. The van der Waals surface area contributed by atoms with Crippen molar-refractivity contribution in [3.8, 4) is 5.75 Å². The van der Waals surface area contributed by atoms with Crippen LogP contribution in [0.3, 0.4) is 0 Å². The summed E-state index contributed by atoms with van der Waals surface area (Å²) < 4.78 is 41.2. The molecule has 152 valence electrons. The zero-order chi connectivity index (χ0) is 21.0. The summed E-state index contributed by atoms with van der Waals surface area (Å²) >= 11 is 3.30. The number of methoxy groups -OCH3 is 1. The molecule has 0 fully saturated rings. The second-order valence-corrected chi connectivity index (χ2v) is 6.82. The van der Waals surface area contributed by atoms with Crippen LogP contribution in [0.4, 0.5) is 8.78 Å². The number of allylic oxidation sites excluding steroid dienone is 2. The maximum absolute atomic E-state index is 13.0. The number of nitrogens with one attached hydrogen (secondary N) is 1. The molecule has 1 aromatic carbocycles. The fourth-order valence-electron chi connectivity index (χ4n) is 3.11. The minimum absolute atomic E-state index is 0.105. The summed E-state index contributed by atoms with van der Waals surface area (Å²) in [6.45, 7) is 1.95. The fraction of sp³-hybridized carbons (Fsp3) is 0.368. The standard InChI is InChI=1S/C19H20BrF2NO5/c1-5-27-18(25)15-10(3)23-9(2)14(17(24)26-4)16(15)12-8-11(20)6-7-13(12)28-19(21)22/h6-8,16,19,23H,5H2,1-4H3/t16-/m1/s1. The summed E-state index contributed by atoms with van der Waals surface area (Å²) in [5.41, 5.74) is 1.30. The molecule has 1 aliphatic rings. The van der Waals surface area contributed by atoms with Gasteiger partial charge in [-0.25, -0.2) is 9.59 Å². The molecule has 0 spiro atoms. The lowest BCUT2D eigenvalue weighted by molar-refractivity contribution is -0.139. The Morgan fingerprint density at radius 1 is 1.18 bits per heavy atom. The number of ether oxygens (including phenoxy) is 3. The number of halogens is 3. The molecule has 1 heterocycles. The van der Waals surface area contributed by atoms with Crippen LogP contribution >= 0.6 is 15.9 Å². The Morgan fingerprint density at radius 3 is 2.32 bits per heavy atom. The van der Waals surface area contributed by atoms with Crippen molar-refractivity contribution in [2.24, 2.45) is 0 Å². The van der Waals surface area contributed by atoms with Crippen molar-refractivity contribution in [1.29, 1.82) is 0 Å². The van der Waals surface area contributed by atoms with Crippen molar-refractivity contribution in [2.45, 2.75) is 33.3 Å². The monoisotopic (exact) mass is 459 g/mol. The lowest BCUT2D eigenvalue weighted by Crippen LogP contribution is -2.32. The van der Waals surface area contributed by atoms with E-state index in [0.717, 1.165) is 0 Å². The van der Waals surface area contributed by atoms with Crippen LogP contribution in [-0.2, 0) is 19.1 Å². The van der Waals surface area contributed by atoms with Gasteiger partial charge in [-0.15, -0.1) is 0 Å². The molecule has 6 nitrogen and oxygen atoms in total. The number of benzene rings is 1. The average molecular weight is 460 g/mol. The van der Waals surface area contributed by atoms with Gasteiger partial charge in [-0.05, 0) is 39.0 Å². The smallest absolute Gasteiger partial charge is 0.387 e. The molecule has 1 aliphatic heterocycles. The number of hydrogen-bond donors (Lipinski definition) is 1. The number of alkyl halides is 2. The quantitative estimate of drug-likeness (QED) is 0.647. The van der Waals surface area contributed by atoms with Crippen molar-refractivity contribution in [3.63, 3.8) is 0 Å². The van der Waals surface area contributed by atoms with E-state index in [0.29, 0.717) is 15.9 Å². The molecule has 0 radical (unpaired) electrons. The third-order valence-corrected chi connectivity index (χ3v) is 4.65. The van der Waals surface area contributed by atoms with Crippen LogP contribution in [0.1, 0.15) is 32.3 Å². The number of esters is 2. The minimum atomic E-state index is -3.08. The Morgan fingerprint density at radius 2 is 1.79 bits per heavy atom. The molecule has 0 aromatic heterocycles. The van der Waals surface area contributed by atoms with E-state index in [9.17, 15) is 18.4 Å². The number of carbonyl (C=O) groups is 2. The van der Waals surface area contributed by atoms with Gasteiger partial charge in [-0.2, -0.15) is 8.78 Å². The molecule has 1 atom stereocenters. The number of carbonyl (C=O) groups excluding carboxylic acids is 2. The second kappa shape index (κ2) is 9.18.